The van der Waals surface area contributed by atoms with Crippen LogP contribution >= 0.6 is 0 Å². The summed E-state index contributed by atoms with van der Waals surface area (Å²) < 4.78 is 26.8. The van der Waals surface area contributed by atoms with Gasteiger partial charge in [0.25, 0.3) is 0 Å². The largest absolute Gasteiger partial charge is 0.320 e. The molecule has 1 rings (SSSR count). The van der Waals surface area contributed by atoms with Gasteiger partial charge in [0, 0.05) is 19.8 Å². The highest BCUT2D eigenvalue weighted by Crippen LogP contribution is 2.12. The first-order chi connectivity index (χ1) is 8.52. The zero-order valence-corrected chi connectivity index (χ0v) is 11.4. The van der Waals surface area contributed by atoms with Crippen molar-refractivity contribution in [3.63, 3.8) is 0 Å². The average Bonchev–Trinajstić information content (AvgIpc) is 2.79. The molecule has 0 aromatic carbocycles. The van der Waals surface area contributed by atoms with Crippen molar-refractivity contribution in [1.82, 2.24) is 19.4 Å². The van der Waals surface area contributed by atoms with Crippen LogP contribution in [-0.2, 0) is 16.6 Å². The van der Waals surface area contributed by atoms with Crippen LogP contribution in [0, 0.1) is 12.3 Å². The molecule has 0 saturated heterocycles. The fraction of sp³-hybridized carbons (Fsp3) is 0.545. The molecule has 6 nitrogen and oxygen atoms in total. The quantitative estimate of drug-likeness (QED) is 0.548. The minimum absolute atomic E-state index is 0.0489. The van der Waals surface area contributed by atoms with E-state index in [2.05, 4.69) is 16.3 Å². The Labute approximate surface area is 108 Å². The van der Waals surface area contributed by atoms with Gasteiger partial charge in [0.2, 0.25) is 10.0 Å². The number of rotatable bonds is 7. The van der Waals surface area contributed by atoms with Crippen LogP contribution in [-0.4, -0.2) is 49.7 Å². The van der Waals surface area contributed by atoms with E-state index in [1.807, 2.05) is 7.05 Å². The zero-order valence-electron chi connectivity index (χ0n) is 10.6. The number of nitrogens with zero attached hydrogens (tertiary/aromatic N) is 3. The fourth-order valence-corrected chi connectivity index (χ4v) is 2.45. The second kappa shape index (κ2) is 6.54. The van der Waals surface area contributed by atoms with E-state index in [1.165, 1.54) is 19.4 Å². The van der Waals surface area contributed by atoms with E-state index in [4.69, 9.17) is 6.42 Å². The third-order valence-corrected chi connectivity index (χ3v) is 4.20. The van der Waals surface area contributed by atoms with Crippen LogP contribution in [0.4, 0.5) is 0 Å². The van der Waals surface area contributed by atoms with E-state index in [9.17, 15) is 8.42 Å². The van der Waals surface area contributed by atoms with Crippen LogP contribution in [0.5, 0.6) is 0 Å². The topological polar surface area (TPSA) is 67.2 Å². The highest BCUT2D eigenvalue weighted by Gasteiger charge is 2.21. The monoisotopic (exact) mass is 270 g/mol. The summed E-state index contributed by atoms with van der Waals surface area (Å²) in [6.45, 7) is 1.58. The molecule has 0 unspecified atom stereocenters. The standard InChI is InChI=1S/C11H18N4O2S/c1-4-7-14(3)18(16,17)11-9-13-15(10-11)8-5-6-12-2/h1,9-10,12H,5-8H2,2-3H3. The lowest BCUT2D eigenvalue weighted by Gasteiger charge is -2.11. The number of nitrogens with one attached hydrogen (secondary N) is 1. The summed E-state index contributed by atoms with van der Waals surface area (Å²) in [6, 6.07) is 0. The lowest BCUT2D eigenvalue weighted by Crippen LogP contribution is -2.26. The van der Waals surface area contributed by atoms with Gasteiger partial charge < -0.3 is 5.32 Å². The average molecular weight is 270 g/mol. The summed E-state index contributed by atoms with van der Waals surface area (Å²) in [5.74, 6) is 2.30. The molecule has 0 atom stereocenters. The van der Waals surface area contributed by atoms with Crippen molar-refractivity contribution in [3.8, 4) is 12.3 Å². The van der Waals surface area contributed by atoms with Gasteiger partial charge in [-0.05, 0) is 20.0 Å². The van der Waals surface area contributed by atoms with Gasteiger partial charge in [-0.3, -0.25) is 4.68 Å². The van der Waals surface area contributed by atoms with Gasteiger partial charge in [-0.25, -0.2) is 8.42 Å². The summed E-state index contributed by atoms with van der Waals surface area (Å²) >= 11 is 0. The molecule has 7 heteroatoms. The minimum Gasteiger partial charge on any atom is -0.320 e. The first-order valence-corrected chi connectivity index (χ1v) is 7.03. The normalized spacial score (nSPS) is 11.7. The molecule has 1 aromatic rings. The van der Waals surface area contributed by atoms with Gasteiger partial charge in [0.05, 0.1) is 12.7 Å². The molecule has 0 saturated carbocycles. The Kier molecular flexibility index (Phi) is 5.34. The zero-order chi connectivity index (χ0) is 13.6. The molecule has 18 heavy (non-hydrogen) atoms. The van der Waals surface area contributed by atoms with E-state index < -0.39 is 10.0 Å². The van der Waals surface area contributed by atoms with Crippen LogP contribution in [0.2, 0.25) is 0 Å². The molecule has 1 N–H and O–H groups in total. The molecule has 0 fully saturated rings. The van der Waals surface area contributed by atoms with Crippen molar-refractivity contribution in [2.45, 2.75) is 17.9 Å². The van der Waals surface area contributed by atoms with Crippen LogP contribution in [0.15, 0.2) is 17.3 Å². The van der Waals surface area contributed by atoms with Crippen molar-refractivity contribution in [1.29, 1.82) is 0 Å². The molecule has 0 aliphatic carbocycles. The second-order valence-corrected chi connectivity index (χ2v) is 5.91. The maximum Gasteiger partial charge on any atom is 0.246 e. The number of terminal acetylenes is 1. The lowest BCUT2D eigenvalue weighted by molar-refractivity contribution is 0.502. The van der Waals surface area contributed by atoms with E-state index >= 15 is 0 Å². The van der Waals surface area contributed by atoms with Crippen LogP contribution in [0.3, 0.4) is 0 Å². The summed E-state index contributed by atoms with van der Waals surface area (Å²) in [7, 11) is -0.198. The van der Waals surface area contributed by atoms with Gasteiger partial charge >= 0.3 is 0 Å². The maximum absolute atomic E-state index is 12.0. The Morgan fingerprint density at radius 2 is 2.33 bits per heavy atom. The molecule has 0 aliphatic rings. The molecule has 0 amide bonds. The predicted octanol–water partition coefficient (Wildman–Crippen LogP) is -0.254. The molecule has 0 radical (unpaired) electrons. The lowest BCUT2D eigenvalue weighted by atomic mass is 10.4. The van der Waals surface area contributed by atoms with Gasteiger partial charge in [0.1, 0.15) is 4.90 Å². The van der Waals surface area contributed by atoms with E-state index in [0.717, 1.165) is 17.3 Å². The summed E-state index contributed by atoms with van der Waals surface area (Å²) in [6.07, 6.45) is 8.87. The number of aryl methyl sites for hydroxylation is 1. The number of hydrogen-bond acceptors (Lipinski definition) is 4. The van der Waals surface area contributed by atoms with Crippen molar-refractivity contribution in [2.75, 3.05) is 27.2 Å². The highest BCUT2D eigenvalue weighted by atomic mass is 32.2. The molecular weight excluding hydrogens is 252 g/mol. The van der Waals surface area contributed by atoms with Crippen molar-refractivity contribution in [3.05, 3.63) is 12.4 Å². The highest BCUT2D eigenvalue weighted by molar-refractivity contribution is 7.89. The fourth-order valence-electron chi connectivity index (χ4n) is 1.41. The van der Waals surface area contributed by atoms with Crippen LogP contribution in [0.25, 0.3) is 0 Å². The smallest absolute Gasteiger partial charge is 0.246 e. The third-order valence-electron chi connectivity index (χ3n) is 2.45. The summed E-state index contributed by atoms with van der Waals surface area (Å²) in [5.41, 5.74) is 0. The van der Waals surface area contributed by atoms with Gasteiger partial charge in [-0.2, -0.15) is 9.40 Å². The Bertz CT molecular complexity index is 515. The molecule has 100 valence electrons. The van der Waals surface area contributed by atoms with E-state index in [0.29, 0.717) is 6.54 Å². The van der Waals surface area contributed by atoms with E-state index in [-0.39, 0.29) is 11.4 Å². The predicted molar refractivity (Wildman–Crippen MR) is 69.4 cm³/mol. The second-order valence-electron chi connectivity index (χ2n) is 3.86. The van der Waals surface area contributed by atoms with Crippen LogP contribution in [0.1, 0.15) is 6.42 Å². The number of sulfonamides is 1. The minimum atomic E-state index is -3.52. The maximum atomic E-state index is 12.0. The third kappa shape index (κ3) is 3.57. The van der Waals surface area contributed by atoms with Gasteiger partial charge in [0.15, 0.2) is 0 Å². The SMILES string of the molecule is C#CCN(C)S(=O)(=O)c1cnn(CCCNC)c1. The first-order valence-electron chi connectivity index (χ1n) is 5.59. The Morgan fingerprint density at radius 3 is 2.94 bits per heavy atom. The Balaban J connectivity index is 2.76. The number of hydrogen-bond donors (Lipinski definition) is 1. The molecular formula is C11H18N4O2S. The van der Waals surface area contributed by atoms with Crippen LogP contribution < -0.4 is 5.32 Å². The van der Waals surface area contributed by atoms with Crippen molar-refractivity contribution >= 4 is 10.0 Å². The van der Waals surface area contributed by atoms with Crippen molar-refractivity contribution < 1.29 is 8.42 Å². The molecule has 0 bridgehead atoms. The van der Waals surface area contributed by atoms with Gasteiger partial charge in [-0.15, -0.1) is 6.42 Å². The molecule has 1 heterocycles. The van der Waals surface area contributed by atoms with Crippen molar-refractivity contribution in [2.24, 2.45) is 0 Å². The molecule has 0 spiro atoms. The Morgan fingerprint density at radius 1 is 1.61 bits per heavy atom. The Hall–Kier alpha value is -1.36. The van der Waals surface area contributed by atoms with E-state index in [1.54, 1.807) is 4.68 Å². The summed E-state index contributed by atoms with van der Waals surface area (Å²) in [5, 5.41) is 7.05. The molecule has 0 aliphatic heterocycles. The van der Waals surface area contributed by atoms with Gasteiger partial charge in [-0.1, -0.05) is 5.92 Å². The first kappa shape index (κ1) is 14.7. The summed E-state index contributed by atoms with van der Waals surface area (Å²) in [4.78, 5) is 0.171. The number of aromatic nitrogens is 2. The molecule has 1 aromatic heterocycles.